The summed E-state index contributed by atoms with van der Waals surface area (Å²) in [4.78, 5) is 24.3. The summed E-state index contributed by atoms with van der Waals surface area (Å²) < 4.78 is 17.5. The van der Waals surface area contributed by atoms with Crippen molar-refractivity contribution in [1.82, 2.24) is 4.90 Å². The summed E-state index contributed by atoms with van der Waals surface area (Å²) in [6, 6.07) is 5.43. The minimum absolute atomic E-state index is 0.0593. The zero-order chi connectivity index (χ0) is 13.0. The number of carbonyl (C=O) groups is 2. The van der Waals surface area contributed by atoms with Crippen LogP contribution in [0.1, 0.15) is 6.42 Å². The van der Waals surface area contributed by atoms with E-state index in [0.29, 0.717) is 18.8 Å². The summed E-state index contributed by atoms with van der Waals surface area (Å²) in [5.74, 6) is -0.701. The minimum Gasteiger partial charge on any atom is -0.449 e. The van der Waals surface area contributed by atoms with Gasteiger partial charge in [-0.3, -0.25) is 9.69 Å². The fraction of sp³-hybridized carbons (Fsp3) is 0.333. The smallest absolute Gasteiger partial charge is 0.410 e. The summed E-state index contributed by atoms with van der Waals surface area (Å²) in [6.07, 6.45) is 0.241. The van der Waals surface area contributed by atoms with Gasteiger partial charge in [-0.15, -0.1) is 0 Å². The summed E-state index contributed by atoms with van der Waals surface area (Å²) in [5, 5.41) is 2.58. The van der Waals surface area contributed by atoms with Gasteiger partial charge in [-0.05, 0) is 30.7 Å². The van der Waals surface area contributed by atoms with Gasteiger partial charge in [0, 0.05) is 12.2 Å². The lowest BCUT2D eigenvalue weighted by Crippen LogP contribution is -2.42. The molecule has 0 spiro atoms. The Hall–Kier alpha value is -2.11. The number of hydrogen-bond donors (Lipinski definition) is 1. The van der Waals surface area contributed by atoms with Gasteiger partial charge in [-0.1, -0.05) is 0 Å². The first-order valence-corrected chi connectivity index (χ1v) is 5.62. The van der Waals surface area contributed by atoms with Gasteiger partial charge in [-0.25, -0.2) is 9.18 Å². The molecule has 5 nitrogen and oxygen atoms in total. The van der Waals surface area contributed by atoms with E-state index in [1.165, 1.54) is 29.2 Å². The highest BCUT2D eigenvalue weighted by atomic mass is 19.1. The van der Waals surface area contributed by atoms with Crippen molar-refractivity contribution in [3.05, 3.63) is 30.1 Å². The maximum absolute atomic E-state index is 12.7. The summed E-state index contributed by atoms with van der Waals surface area (Å²) in [7, 11) is 0. The molecule has 0 aromatic heterocycles. The lowest BCUT2D eigenvalue weighted by atomic mass is 10.3. The Bertz CT molecular complexity index is 447. The molecule has 0 aliphatic carbocycles. The number of benzene rings is 1. The number of carbonyl (C=O) groups excluding carboxylic acids is 2. The number of rotatable bonds is 3. The predicted octanol–water partition coefficient (Wildman–Crippen LogP) is 1.61. The first-order chi connectivity index (χ1) is 8.65. The molecule has 0 unspecified atom stereocenters. The molecule has 1 saturated heterocycles. The fourth-order valence-corrected chi connectivity index (χ4v) is 1.65. The van der Waals surface area contributed by atoms with Crippen LogP contribution in [-0.4, -0.2) is 36.6 Å². The van der Waals surface area contributed by atoms with Gasteiger partial charge in [0.1, 0.15) is 12.4 Å². The molecule has 1 aromatic carbocycles. The van der Waals surface area contributed by atoms with Crippen molar-refractivity contribution in [3.63, 3.8) is 0 Å². The molecule has 96 valence electrons. The fourth-order valence-electron chi connectivity index (χ4n) is 1.65. The molecular formula is C12H13FN2O3. The molecule has 18 heavy (non-hydrogen) atoms. The topological polar surface area (TPSA) is 58.6 Å². The van der Waals surface area contributed by atoms with Gasteiger partial charge in [-0.2, -0.15) is 0 Å². The standard InChI is InChI=1S/C12H13FN2O3/c13-9-2-4-10(5-3-9)14-11(16)8-15-6-1-7-18-12(15)17/h2-5H,1,6-8H2,(H,14,16). The van der Waals surface area contributed by atoms with E-state index in [1.807, 2.05) is 0 Å². The molecule has 1 aliphatic heterocycles. The predicted molar refractivity (Wildman–Crippen MR) is 62.6 cm³/mol. The van der Waals surface area contributed by atoms with E-state index in [-0.39, 0.29) is 18.3 Å². The van der Waals surface area contributed by atoms with Crippen LogP contribution in [0.2, 0.25) is 0 Å². The molecule has 1 aliphatic rings. The molecule has 0 atom stereocenters. The van der Waals surface area contributed by atoms with E-state index in [4.69, 9.17) is 4.74 Å². The van der Waals surface area contributed by atoms with Crippen molar-refractivity contribution in [3.8, 4) is 0 Å². The first-order valence-electron chi connectivity index (χ1n) is 5.62. The monoisotopic (exact) mass is 252 g/mol. The third kappa shape index (κ3) is 3.19. The minimum atomic E-state index is -0.476. The quantitative estimate of drug-likeness (QED) is 0.889. The summed E-state index contributed by atoms with van der Waals surface area (Å²) in [5.41, 5.74) is 0.492. The van der Waals surface area contributed by atoms with Crippen LogP contribution in [0.15, 0.2) is 24.3 Å². The molecule has 6 heteroatoms. The van der Waals surface area contributed by atoms with E-state index >= 15 is 0 Å². The maximum Gasteiger partial charge on any atom is 0.410 e. The maximum atomic E-state index is 12.7. The number of hydrogen-bond acceptors (Lipinski definition) is 3. The Balaban J connectivity index is 1.88. The molecule has 1 aromatic rings. The Morgan fingerprint density at radius 3 is 2.78 bits per heavy atom. The Labute approximate surface area is 104 Å². The third-order valence-electron chi connectivity index (χ3n) is 2.52. The Morgan fingerprint density at radius 1 is 1.39 bits per heavy atom. The normalized spacial score (nSPS) is 15.2. The second-order valence-electron chi connectivity index (χ2n) is 3.94. The first kappa shape index (κ1) is 12.3. The number of cyclic esters (lactones) is 1. The molecule has 1 fully saturated rings. The van der Waals surface area contributed by atoms with Gasteiger partial charge in [0.15, 0.2) is 0 Å². The van der Waals surface area contributed by atoms with Crippen LogP contribution >= 0.6 is 0 Å². The Morgan fingerprint density at radius 2 is 2.11 bits per heavy atom. The molecule has 1 heterocycles. The Kier molecular flexibility index (Phi) is 3.76. The van der Waals surface area contributed by atoms with Crippen LogP contribution < -0.4 is 5.32 Å². The zero-order valence-electron chi connectivity index (χ0n) is 9.69. The lowest BCUT2D eigenvalue weighted by Gasteiger charge is -2.25. The largest absolute Gasteiger partial charge is 0.449 e. The van der Waals surface area contributed by atoms with E-state index in [0.717, 1.165) is 6.42 Å². The van der Waals surface area contributed by atoms with Crippen LogP contribution in [0.25, 0.3) is 0 Å². The highest BCUT2D eigenvalue weighted by molar-refractivity contribution is 5.93. The lowest BCUT2D eigenvalue weighted by molar-refractivity contribution is -0.117. The van der Waals surface area contributed by atoms with Crippen LogP contribution in [0.3, 0.4) is 0 Å². The number of halogens is 1. The van der Waals surface area contributed by atoms with Gasteiger partial charge >= 0.3 is 6.09 Å². The van der Waals surface area contributed by atoms with E-state index in [9.17, 15) is 14.0 Å². The van der Waals surface area contributed by atoms with Crippen LogP contribution in [0.5, 0.6) is 0 Å². The third-order valence-corrected chi connectivity index (χ3v) is 2.52. The zero-order valence-corrected chi connectivity index (χ0v) is 9.69. The molecule has 2 amide bonds. The number of nitrogens with zero attached hydrogens (tertiary/aromatic N) is 1. The van der Waals surface area contributed by atoms with Crippen LogP contribution in [0, 0.1) is 5.82 Å². The molecular weight excluding hydrogens is 239 g/mol. The van der Waals surface area contributed by atoms with Gasteiger partial charge < -0.3 is 10.1 Å². The van der Waals surface area contributed by atoms with E-state index in [2.05, 4.69) is 5.32 Å². The SMILES string of the molecule is O=C(CN1CCCOC1=O)Nc1ccc(F)cc1. The number of ether oxygens (including phenoxy) is 1. The van der Waals surface area contributed by atoms with Crippen molar-refractivity contribution in [2.45, 2.75) is 6.42 Å². The molecule has 1 N–H and O–H groups in total. The molecule has 2 rings (SSSR count). The summed E-state index contributed by atoms with van der Waals surface area (Å²) >= 11 is 0. The highest BCUT2D eigenvalue weighted by Crippen LogP contribution is 2.09. The second kappa shape index (κ2) is 5.48. The van der Waals surface area contributed by atoms with Gasteiger partial charge in [0.25, 0.3) is 0 Å². The van der Waals surface area contributed by atoms with Crippen molar-refractivity contribution in [2.24, 2.45) is 0 Å². The molecule has 0 bridgehead atoms. The highest BCUT2D eigenvalue weighted by Gasteiger charge is 2.21. The van der Waals surface area contributed by atoms with E-state index < -0.39 is 6.09 Å². The van der Waals surface area contributed by atoms with Crippen LogP contribution in [-0.2, 0) is 9.53 Å². The average molecular weight is 252 g/mol. The van der Waals surface area contributed by atoms with Gasteiger partial charge in [0.2, 0.25) is 5.91 Å². The molecule has 0 saturated carbocycles. The number of amides is 2. The van der Waals surface area contributed by atoms with Crippen molar-refractivity contribution in [1.29, 1.82) is 0 Å². The van der Waals surface area contributed by atoms with Gasteiger partial charge in [0.05, 0.1) is 6.61 Å². The van der Waals surface area contributed by atoms with Crippen molar-refractivity contribution >= 4 is 17.7 Å². The van der Waals surface area contributed by atoms with Crippen LogP contribution in [0.4, 0.5) is 14.9 Å². The number of anilines is 1. The second-order valence-corrected chi connectivity index (χ2v) is 3.94. The molecule has 0 radical (unpaired) electrons. The van der Waals surface area contributed by atoms with Crippen molar-refractivity contribution < 1.29 is 18.7 Å². The average Bonchev–Trinajstić information content (AvgIpc) is 2.35. The summed E-state index contributed by atoms with van der Waals surface area (Å²) in [6.45, 7) is 0.848. The van der Waals surface area contributed by atoms with E-state index in [1.54, 1.807) is 0 Å². The number of nitrogens with one attached hydrogen (secondary N) is 1. The van der Waals surface area contributed by atoms with Crippen molar-refractivity contribution in [2.75, 3.05) is 25.0 Å².